The average Bonchev–Trinajstić information content (AvgIpc) is 2.70. The molecule has 3 heterocycles. The highest BCUT2D eigenvalue weighted by atomic mass is 35.5. The molecule has 12 heteroatoms. The summed E-state index contributed by atoms with van der Waals surface area (Å²) in [5.41, 5.74) is -1.38. The molecule has 1 amide bonds. The normalized spacial score (nSPS) is 18.2. The maximum atomic E-state index is 14.5. The smallest absolute Gasteiger partial charge is 0.410 e. The fraction of sp³-hybridized carbons (Fsp3) is 0.579. The van der Waals surface area contributed by atoms with E-state index >= 15 is 0 Å². The Morgan fingerprint density at radius 3 is 2.74 bits per heavy atom. The van der Waals surface area contributed by atoms with Crippen LogP contribution in [0.2, 0.25) is 5.15 Å². The molecule has 0 aromatic carbocycles. The molecule has 0 radical (unpaired) electrons. The lowest BCUT2D eigenvalue weighted by molar-refractivity contribution is 0.0141. The molecule has 1 aliphatic heterocycles. The van der Waals surface area contributed by atoms with Crippen LogP contribution in [0.25, 0.3) is 10.9 Å². The van der Waals surface area contributed by atoms with E-state index in [2.05, 4.69) is 20.3 Å². The number of carbonyl (C=O) groups is 1. The van der Waals surface area contributed by atoms with Gasteiger partial charge in [-0.15, -0.1) is 0 Å². The van der Waals surface area contributed by atoms with E-state index in [4.69, 9.17) is 21.1 Å². The summed E-state index contributed by atoms with van der Waals surface area (Å²) in [6, 6.07) is -0.278. The van der Waals surface area contributed by atoms with Crippen molar-refractivity contribution in [1.29, 1.82) is 0 Å². The molecule has 2 atom stereocenters. The Morgan fingerprint density at radius 2 is 2.10 bits per heavy atom. The highest BCUT2D eigenvalue weighted by Gasteiger charge is 2.31. The van der Waals surface area contributed by atoms with Crippen LogP contribution in [-0.4, -0.2) is 69.6 Å². The minimum Gasteiger partial charge on any atom is -0.472 e. The van der Waals surface area contributed by atoms with Crippen LogP contribution < -0.4 is 15.6 Å². The van der Waals surface area contributed by atoms with Crippen LogP contribution in [-0.2, 0) is 4.74 Å². The van der Waals surface area contributed by atoms with Gasteiger partial charge in [0.2, 0.25) is 5.88 Å². The molecule has 0 aliphatic carbocycles. The zero-order valence-corrected chi connectivity index (χ0v) is 19.5. The lowest BCUT2D eigenvalue weighted by Crippen LogP contribution is -2.58. The number of aromatic nitrogens is 3. The van der Waals surface area contributed by atoms with Crippen LogP contribution in [0.1, 0.15) is 27.7 Å². The summed E-state index contributed by atoms with van der Waals surface area (Å²) in [5, 5.41) is 2.97. The van der Waals surface area contributed by atoms with E-state index in [1.807, 2.05) is 0 Å². The summed E-state index contributed by atoms with van der Waals surface area (Å²) in [7, 11) is 0. The van der Waals surface area contributed by atoms with E-state index in [0.717, 1.165) is 11.8 Å². The number of hydrogen-bond acceptors (Lipinski definition) is 8. The number of amides is 1. The number of fused-ring (bicyclic) bond motifs is 1. The van der Waals surface area contributed by atoms with Gasteiger partial charge < -0.3 is 24.7 Å². The second-order valence-corrected chi connectivity index (χ2v) is 9.28. The molecule has 170 valence electrons. The number of hydrogen-bond donors (Lipinski definition) is 2. The van der Waals surface area contributed by atoms with Crippen molar-refractivity contribution >= 4 is 40.4 Å². The first-order valence-corrected chi connectivity index (χ1v) is 11.3. The Balaban J connectivity index is 1.85. The monoisotopic (exact) mass is 473 g/mol. The van der Waals surface area contributed by atoms with Gasteiger partial charge in [0.1, 0.15) is 22.6 Å². The number of thioether (sulfide) groups is 1. The molecule has 1 saturated heterocycles. The van der Waals surface area contributed by atoms with Crippen molar-refractivity contribution < 1.29 is 18.7 Å². The third-order valence-electron chi connectivity index (χ3n) is 4.61. The molecular formula is C19H25ClFN5O4S. The van der Waals surface area contributed by atoms with Crippen LogP contribution in [0.15, 0.2) is 9.95 Å². The van der Waals surface area contributed by atoms with Crippen LogP contribution in [0.4, 0.5) is 9.18 Å². The van der Waals surface area contributed by atoms with Gasteiger partial charge in [0, 0.05) is 19.6 Å². The number of piperazine rings is 1. The number of nitrogens with zero attached hydrogens (tertiary/aromatic N) is 3. The summed E-state index contributed by atoms with van der Waals surface area (Å²) >= 11 is 7.09. The predicted octanol–water partition coefficient (Wildman–Crippen LogP) is 2.81. The quantitative estimate of drug-likeness (QED) is 0.396. The lowest BCUT2D eigenvalue weighted by atomic mass is 10.1. The van der Waals surface area contributed by atoms with E-state index in [1.165, 1.54) is 0 Å². The van der Waals surface area contributed by atoms with Crippen molar-refractivity contribution in [2.45, 2.75) is 50.6 Å². The topological polar surface area (TPSA) is 109 Å². The van der Waals surface area contributed by atoms with Crippen LogP contribution >= 0.6 is 23.4 Å². The average molecular weight is 474 g/mol. The molecule has 2 N–H and O–H groups in total. The Kier molecular flexibility index (Phi) is 6.97. The Hall–Kier alpha value is -2.11. The molecule has 0 saturated carbocycles. The van der Waals surface area contributed by atoms with Crippen LogP contribution in [0.5, 0.6) is 5.88 Å². The molecule has 9 nitrogen and oxygen atoms in total. The van der Waals surface area contributed by atoms with E-state index in [9.17, 15) is 14.0 Å². The highest BCUT2D eigenvalue weighted by molar-refractivity contribution is 7.98. The third-order valence-corrected chi connectivity index (χ3v) is 5.45. The third kappa shape index (κ3) is 5.39. The first kappa shape index (κ1) is 23.6. The molecule has 31 heavy (non-hydrogen) atoms. The van der Waals surface area contributed by atoms with E-state index in [0.29, 0.717) is 19.6 Å². The number of pyridine rings is 1. The number of nitrogens with one attached hydrogen (secondary N) is 2. The maximum Gasteiger partial charge on any atom is 0.410 e. The molecule has 1 aliphatic rings. The maximum absolute atomic E-state index is 14.5. The largest absolute Gasteiger partial charge is 0.472 e. The SMILES string of the molecule is CSc1nc2c(F)c(Cl)nc(OC(C)[C@@H]3CN(C(=O)OC(C)(C)C)CCN3)c2c(=O)[nH]1. The van der Waals surface area contributed by atoms with Gasteiger partial charge in [-0.05, 0) is 34.0 Å². The van der Waals surface area contributed by atoms with Crippen molar-refractivity contribution in [3.05, 3.63) is 21.3 Å². The number of ether oxygens (including phenoxy) is 2. The second kappa shape index (κ2) is 9.17. The summed E-state index contributed by atoms with van der Waals surface area (Å²) in [6.45, 7) is 8.53. The fourth-order valence-corrected chi connectivity index (χ4v) is 3.67. The van der Waals surface area contributed by atoms with E-state index in [-0.39, 0.29) is 28.0 Å². The summed E-state index contributed by atoms with van der Waals surface area (Å²) in [4.78, 5) is 37.1. The van der Waals surface area contributed by atoms with Gasteiger partial charge in [-0.25, -0.2) is 14.2 Å². The molecule has 0 bridgehead atoms. The van der Waals surface area contributed by atoms with Gasteiger partial charge in [0.05, 0.1) is 6.04 Å². The summed E-state index contributed by atoms with van der Waals surface area (Å²) in [5.74, 6) is -1.00. The molecule has 1 unspecified atom stereocenters. The second-order valence-electron chi connectivity index (χ2n) is 8.13. The predicted molar refractivity (Wildman–Crippen MR) is 117 cm³/mol. The van der Waals surface area contributed by atoms with Crippen molar-refractivity contribution in [3.63, 3.8) is 0 Å². The molecule has 3 rings (SSSR count). The first-order chi connectivity index (χ1) is 14.5. The van der Waals surface area contributed by atoms with Gasteiger partial charge in [-0.3, -0.25) is 4.79 Å². The van der Waals surface area contributed by atoms with E-state index < -0.39 is 34.3 Å². The molecular weight excluding hydrogens is 449 g/mol. The number of halogens is 2. The van der Waals surface area contributed by atoms with Gasteiger partial charge in [-0.2, -0.15) is 4.98 Å². The number of aromatic amines is 1. The molecule has 1 fully saturated rings. The van der Waals surface area contributed by atoms with Gasteiger partial charge in [0.25, 0.3) is 5.56 Å². The van der Waals surface area contributed by atoms with Crippen molar-refractivity contribution in [2.24, 2.45) is 0 Å². The lowest BCUT2D eigenvalue weighted by Gasteiger charge is -2.37. The standard InChI is InChI=1S/C19H25ClFN5O4S/c1-9(10-8-26(7-6-22-10)18(28)30-19(2,3)4)29-16-11-13(12(21)14(20)24-16)23-17(31-5)25-15(11)27/h9-10,22H,6-8H2,1-5H3,(H,23,25,27)/t9?,10-/m0/s1. The minimum absolute atomic E-state index is 0.119. The number of rotatable bonds is 4. The molecule has 0 spiro atoms. The van der Waals surface area contributed by atoms with Crippen molar-refractivity contribution in [2.75, 3.05) is 25.9 Å². The minimum atomic E-state index is -0.884. The number of H-pyrrole nitrogens is 1. The molecule has 2 aromatic heterocycles. The first-order valence-electron chi connectivity index (χ1n) is 9.71. The van der Waals surface area contributed by atoms with Crippen LogP contribution in [0.3, 0.4) is 0 Å². The Labute approximate surface area is 188 Å². The van der Waals surface area contributed by atoms with E-state index in [1.54, 1.807) is 38.9 Å². The zero-order chi connectivity index (χ0) is 22.9. The van der Waals surface area contributed by atoms with Crippen LogP contribution in [0, 0.1) is 5.82 Å². The van der Waals surface area contributed by atoms with Crippen molar-refractivity contribution in [1.82, 2.24) is 25.2 Å². The number of carbonyl (C=O) groups excluding carboxylic acids is 1. The summed E-state index contributed by atoms with van der Waals surface area (Å²) in [6.07, 6.45) is 0.766. The van der Waals surface area contributed by atoms with Gasteiger partial charge in [0.15, 0.2) is 16.1 Å². The van der Waals surface area contributed by atoms with Gasteiger partial charge in [-0.1, -0.05) is 23.4 Å². The fourth-order valence-electron chi connectivity index (χ4n) is 3.13. The Morgan fingerprint density at radius 1 is 1.39 bits per heavy atom. The summed E-state index contributed by atoms with van der Waals surface area (Å²) < 4.78 is 25.9. The van der Waals surface area contributed by atoms with Gasteiger partial charge >= 0.3 is 6.09 Å². The Bertz CT molecular complexity index is 1040. The molecule has 2 aromatic rings. The zero-order valence-electron chi connectivity index (χ0n) is 17.9. The van der Waals surface area contributed by atoms with Crippen molar-refractivity contribution in [3.8, 4) is 5.88 Å². The highest BCUT2D eigenvalue weighted by Crippen LogP contribution is 2.28.